The Hall–Kier alpha value is -0.570. The first-order valence-corrected chi connectivity index (χ1v) is 6.73. The fourth-order valence-corrected chi connectivity index (χ4v) is 2.10. The van der Waals surface area contributed by atoms with E-state index in [9.17, 15) is 4.79 Å². The molecule has 0 radical (unpaired) electrons. The number of ether oxygens (including phenoxy) is 1. The maximum atomic E-state index is 11.7. The average molecular weight is 243 g/mol. The number of esters is 1. The maximum Gasteiger partial charge on any atom is 0.323 e. The first-order chi connectivity index (χ1) is 7.92. The zero-order valence-corrected chi connectivity index (χ0v) is 12.2. The summed E-state index contributed by atoms with van der Waals surface area (Å²) in [6, 6.07) is -0.167. The molecule has 0 aliphatic rings. The molecular weight excluding hydrogens is 214 g/mol. The van der Waals surface area contributed by atoms with Gasteiger partial charge < -0.3 is 10.1 Å². The molecule has 0 aromatic rings. The van der Waals surface area contributed by atoms with Crippen molar-refractivity contribution in [3.05, 3.63) is 0 Å². The minimum absolute atomic E-state index is 0.143. The van der Waals surface area contributed by atoms with Crippen molar-refractivity contribution in [1.29, 1.82) is 0 Å². The molecule has 0 spiro atoms. The molecule has 3 unspecified atom stereocenters. The molecule has 1 N–H and O–H groups in total. The zero-order valence-electron chi connectivity index (χ0n) is 12.2. The van der Waals surface area contributed by atoms with E-state index in [1.54, 1.807) is 0 Å². The molecule has 17 heavy (non-hydrogen) atoms. The second-order valence-corrected chi connectivity index (χ2v) is 5.53. The monoisotopic (exact) mass is 243 g/mol. The van der Waals surface area contributed by atoms with Crippen molar-refractivity contribution >= 4 is 5.97 Å². The number of carbonyl (C=O) groups is 1. The Morgan fingerprint density at radius 2 is 1.82 bits per heavy atom. The highest BCUT2D eigenvalue weighted by molar-refractivity contribution is 5.75. The van der Waals surface area contributed by atoms with Gasteiger partial charge in [-0.3, -0.25) is 4.79 Å². The highest BCUT2D eigenvalue weighted by Gasteiger charge is 2.24. The molecule has 0 rings (SSSR count). The molecule has 0 amide bonds. The van der Waals surface area contributed by atoms with Gasteiger partial charge in [0.25, 0.3) is 0 Å². The van der Waals surface area contributed by atoms with Crippen molar-refractivity contribution in [3.63, 3.8) is 0 Å². The smallest absolute Gasteiger partial charge is 0.323 e. The van der Waals surface area contributed by atoms with E-state index in [1.807, 2.05) is 0 Å². The lowest BCUT2D eigenvalue weighted by molar-refractivity contribution is -0.144. The highest BCUT2D eigenvalue weighted by atomic mass is 16.5. The highest BCUT2D eigenvalue weighted by Crippen LogP contribution is 2.13. The van der Waals surface area contributed by atoms with Crippen LogP contribution in [0.4, 0.5) is 0 Å². The Kier molecular flexibility index (Phi) is 8.23. The third-order valence-electron chi connectivity index (χ3n) is 3.23. The van der Waals surface area contributed by atoms with E-state index < -0.39 is 0 Å². The molecule has 0 aromatic heterocycles. The third kappa shape index (κ3) is 6.67. The summed E-state index contributed by atoms with van der Waals surface area (Å²) in [4.78, 5) is 11.7. The van der Waals surface area contributed by atoms with Crippen LogP contribution in [0.1, 0.15) is 47.5 Å². The largest absolute Gasteiger partial charge is 0.468 e. The van der Waals surface area contributed by atoms with Gasteiger partial charge >= 0.3 is 5.97 Å². The van der Waals surface area contributed by atoms with Crippen LogP contribution in [0.5, 0.6) is 0 Å². The molecule has 3 heteroatoms. The Morgan fingerprint density at radius 3 is 2.24 bits per heavy atom. The molecule has 0 aromatic carbocycles. The van der Waals surface area contributed by atoms with Crippen molar-refractivity contribution < 1.29 is 9.53 Å². The summed E-state index contributed by atoms with van der Waals surface area (Å²) < 4.78 is 4.85. The third-order valence-corrected chi connectivity index (χ3v) is 3.23. The lowest BCUT2D eigenvalue weighted by Crippen LogP contribution is -2.44. The minimum Gasteiger partial charge on any atom is -0.468 e. The normalized spacial score (nSPS) is 16.6. The van der Waals surface area contributed by atoms with E-state index in [2.05, 4.69) is 39.9 Å². The molecule has 3 nitrogen and oxygen atoms in total. The fraction of sp³-hybridized carbons (Fsp3) is 0.929. The van der Waals surface area contributed by atoms with E-state index >= 15 is 0 Å². The molecule has 102 valence electrons. The van der Waals surface area contributed by atoms with Gasteiger partial charge in [0.15, 0.2) is 0 Å². The summed E-state index contributed by atoms with van der Waals surface area (Å²) in [5.74, 6) is 1.46. The molecule has 0 fully saturated rings. The molecule has 0 aliphatic heterocycles. The predicted molar refractivity (Wildman–Crippen MR) is 71.9 cm³/mol. The molecule has 0 saturated heterocycles. The topological polar surface area (TPSA) is 38.3 Å². The maximum absolute atomic E-state index is 11.7. The van der Waals surface area contributed by atoms with E-state index in [1.165, 1.54) is 13.5 Å². The second-order valence-electron chi connectivity index (χ2n) is 5.53. The number of rotatable bonds is 8. The molecule has 3 atom stereocenters. The lowest BCUT2D eigenvalue weighted by atomic mass is 9.96. The van der Waals surface area contributed by atoms with Crippen LogP contribution in [0.25, 0.3) is 0 Å². The van der Waals surface area contributed by atoms with Gasteiger partial charge in [-0.05, 0) is 30.7 Å². The summed E-state index contributed by atoms with van der Waals surface area (Å²) >= 11 is 0. The van der Waals surface area contributed by atoms with Gasteiger partial charge in [0.2, 0.25) is 0 Å². The molecule has 0 heterocycles. The zero-order chi connectivity index (χ0) is 13.4. The van der Waals surface area contributed by atoms with Crippen LogP contribution in [0.15, 0.2) is 0 Å². The SMILES string of the molecule is CCC(C)C(NCC(C)CC(C)C)C(=O)OC. The fourth-order valence-electron chi connectivity index (χ4n) is 2.10. The number of hydrogen-bond acceptors (Lipinski definition) is 3. The van der Waals surface area contributed by atoms with Gasteiger partial charge in [-0.2, -0.15) is 0 Å². The van der Waals surface area contributed by atoms with Crippen LogP contribution in [0.2, 0.25) is 0 Å². The van der Waals surface area contributed by atoms with Crippen molar-refractivity contribution in [2.75, 3.05) is 13.7 Å². The van der Waals surface area contributed by atoms with Gasteiger partial charge in [-0.25, -0.2) is 0 Å². The number of carbonyl (C=O) groups excluding carboxylic acids is 1. The van der Waals surface area contributed by atoms with Crippen molar-refractivity contribution in [2.45, 2.75) is 53.5 Å². The van der Waals surface area contributed by atoms with Crippen molar-refractivity contribution in [2.24, 2.45) is 17.8 Å². The van der Waals surface area contributed by atoms with Crippen LogP contribution in [0, 0.1) is 17.8 Å². The van der Waals surface area contributed by atoms with Gasteiger partial charge in [-0.15, -0.1) is 0 Å². The Morgan fingerprint density at radius 1 is 1.24 bits per heavy atom. The lowest BCUT2D eigenvalue weighted by Gasteiger charge is -2.24. The van der Waals surface area contributed by atoms with Crippen molar-refractivity contribution in [3.8, 4) is 0 Å². The van der Waals surface area contributed by atoms with Crippen LogP contribution in [-0.4, -0.2) is 25.7 Å². The van der Waals surface area contributed by atoms with Gasteiger partial charge in [0.1, 0.15) is 6.04 Å². The van der Waals surface area contributed by atoms with Crippen LogP contribution in [-0.2, 0) is 9.53 Å². The quantitative estimate of drug-likeness (QED) is 0.666. The number of methoxy groups -OCH3 is 1. The summed E-state index contributed by atoms with van der Waals surface area (Å²) in [5.41, 5.74) is 0. The first-order valence-electron chi connectivity index (χ1n) is 6.73. The molecule has 0 aliphatic carbocycles. The second kappa shape index (κ2) is 8.51. The summed E-state index contributed by atoms with van der Waals surface area (Å²) in [6.45, 7) is 11.7. The van der Waals surface area contributed by atoms with Crippen LogP contribution >= 0.6 is 0 Å². The standard InChI is InChI=1S/C14H29NO2/c1-7-12(5)13(14(16)17-6)15-9-11(4)8-10(2)3/h10-13,15H,7-9H2,1-6H3. The summed E-state index contributed by atoms with van der Waals surface area (Å²) in [6.07, 6.45) is 2.16. The Bertz CT molecular complexity index is 216. The number of hydrogen-bond donors (Lipinski definition) is 1. The van der Waals surface area contributed by atoms with Crippen molar-refractivity contribution in [1.82, 2.24) is 5.32 Å². The minimum atomic E-state index is -0.167. The molecular formula is C14H29NO2. The van der Waals surface area contributed by atoms with Gasteiger partial charge in [0.05, 0.1) is 7.11 Å². The van der Waals surface area contributed by atoms with E-state index in [0.717, 1.165) is 13.0 Å². The Balaban J connectivity index is 4.21. The predicted octanol–water partition coefficient (Wildman–Crippen LogP) is 2.85. The van der Waals surface area contributed by atoms with E-state index in [0.29, 0.717) is 17.8 Å². The van der Waals surface area contributed by atoms with E-state index in [4.69, 9.17) is 4.74 Å². The van der Waals surface area contributed by atoms with E-state index in [-0.39, 0.29) is 12.0 Å². The number of nitrogens with one attached hydrogen (secondary N) is 1. The molecule has 0 bridgehead atoms. The average Bonchev–Trinajstić information content (AvgIpc) is 2.27. The summed E-state index contributed by atoms with van der Waals surface area (Å²) in [7, 11) is 1.46. The van der Waals surface area contributed by atoms with Gasteiger partial charge in [0, 0.05) is 0 Å². The van der Waals surface area contributed by atoms with Crippen LogP contribution in [0.3, 0.4) is 0 Å². The summed E-state index contributed by atoms with van der Waals surface area (Å²) in [5, 5.41) is 3.35. The first kappa shape index (κ1) is 16.4. The Labute approximate surface area is 106 Å². The van der Waals surface area contributed by atoms with Gasteiger partial charge in [-0.1, -0.05) is 41.0 Å². The molecule has 0 saturated carbocycles. The van der Waals surface area contributed by atoms with Crippen LogP contribution < -0.4 is 5.32 Å².